The smallest absolute Gasteiger partial charge is 0.274 e. The van der Waals surface area contributed by atoms with Crippen LogP contribution in [0, 0.1) is 0 Å². The van der Waals surface area contributed by atoms with Crippen LogP contribution in [0.5, 0.6) is 0 Å². The lowest BCUT2D eigenvalue weighted by Crippen LogP contribution is -2.49. The van der Waals surface area contributed by atoms with Crippen molar-refractivity contribution in [2.45, 2.75) is 94.6 Å². The van der Waals surface area contributed by atoms with Crippen LogP contribution < -0.4 is 10.6 Å². The Kier molecular flexibility index (Phi) is 12.1. The predicted octanol–water partition coefficient (Wildman–Crippen LogP) is 3.66. The fourth-order valence-electron chi connectivity index (χ4n) is 7.59. The van der Waals surface area contributed by atoms with Gasteiger partial charge in [-0.1, -0.05) is 25.0 Å². The number of likely N-dealkylation sites (tertiary alicyclic amines) is 2. The maximum absolute atomic E-state index is 13.7. The molecule has 14 nitrogen and oxygen atoms in total. The van der Waals surface area contributed by atoms with Gasteiger partial charge in [-0.05, 0) is 67.5 Å². The molecule has 7 rings (SSSR count). The number of carbonyl (C=O) groups is 4. The topological polar surface area (TPSA) is 161 Å². The second-order valence-electron chi connectivity index (χ2n) is 15.4. The van der Waals surface area contributed by atoms with Crippen LogP contribution in [0.2, 0.25) is 0 Å². The number of amides is 4. The molecule has 0 radical (unpaired) electrons. The molecule has 0 unspecified atom stereocenters. The van der Waals surface area contributed by atoms with Crippen molar-refractivity contribution in [1.29, 1.82) is 0 Å². The molecule has 1 aromatic carbocycles. The molecule has 4 amide bonds. The number of benzene rings is 1. The van der Waals surface area contributed by atoms with Gasteiger partial charge in [-0.25, -0.2) is 4.98 Å². The molecule has 2 N–H and O–H groups in total. The fourth-order valence-corrected chi connectivity index (χ4v) is 7.59. The highest BCUT2D eigenvalue weighted by molar-refractivity contribution is 6.03. The van der Waals surface area contributed by atoms with Crippen molar-refractivity contribution in [3.8, 4) is 0 Å². The molecular formula is C40H52N8O6. The number of rotatable bonds is 19. The van der Waals surface area contributed by atoms with E-state index in [1.807, 2.05) is 35.9 Å². The number of imide groups is 1. The molecule has 3 aliphatic heterocycles. The molecule has 3 aromatic rings. The van der Waals surface area contributed by atoms with Crippen molar-refractivity contribution in [2.24, 2.45) is 7.05 Å². The molecule has 14 heteroatoms. The Balaban J connectivity index is 0.833. The summed E-state index contributed by atoms with van der Waals surface area (Å²) < 4.78 is 13.8. The van der Waals surface area contributed by atoms with Gasteiger partial charge in [0.05, 0.1) is 19.3 Å². The molecule has 1 saturated carbocycles. The zero-order chi connectivity index (χ0) is 37.5. The third-order valence-electron chi connectivity index (χ3n) is 11.0. The van der Waals surface area contributed by atoms with E-state index >= 15 is 0 Å². The Morgan fingerprint density at radius 1 is 1.02 bits per heavy atom. The van der Waals surface area contributed by atoms with E-state index in [9.17, 15) is 19.2 Å². The maximum atomic E-state index is 13.7. The Morgan fingerprint density at radius 2 is 1.83 bits per heavy atom. The number of ether oxygens (including phenoxy) is 2. The Bertz CT molecular complexity index is 1800. The van der Waals surface area contributed by atoms with Gasteiger partial charge in [0.2, 0.25) is 17.7 Å². The predicted molar refractivity (Wildman–Crippen MR) is 199 cm³/mol. The highest BCUT2D eigenvalue weighted by Gasteiger charge is 2.42. The molecule has 288 valence electrons. The molecular weight excluding hydrogens is 688 g/mol. The van der Waals surface area contributed by atoms with Crippen molar-refractivity contribution in [2.75, 3.05) is 51.3 Å². The normalized spacial score (nSPS) is 19.6. The summed E-state index contributed by atoms with van der Waals surface area (Å²) in [6.07, 6.45) is 10.3. The van der Waals surface area contributed by atoms with Crippen molar-refractivity contribution in [1.82, 2.24) is 34.9 Å². The number of hydrogen-bond acceptors (Lipinski definition) is 10. The summed E-state index contributed by atoms with van der Waals surface area (Å²) in [5.74, 6) is 0.615. The summed E-state index contributed by atoms with van der Waals surface area (Å²) in [5, 5.41) is 14.3. The van der Waals surface area contributed by atoms with Gasteiger partial charge in [-0.2, -0.15) is 0 Å². The molecule has 54 heavy (non-hydrogen) atoms. The highest BCUT2D eigenvalue weighted by atomic mass is 16.5. The SMILES string of the molecule is Cn1cnnc1CC1(c2cccc(NC(=O)c3cc(CN4CC[C@H](OCCCCCCNC(=O)CCN5C(=O)CCC5=O)C4)cc(C4CC4)n3)c2)COC1. The average Bonchev–Trinajstić information content (AvgIpc) is 3.66. The number of nitrogens with zero attached hydrogens (tertiary/aromatic N) is 6. The van der Waals surface area contributed by atoms with E-state index in [1.54, 1.807) is 6.33 Å². The Labute approximate surface area is 316 Å². The van der Waals surface area contributed by atoms with Crippen LogP contribution in [0.1, 0.15) is 103 Å². The van der Waals surface area contributed by atoms with Crippen molar-refractivity contribution < 1.29 is 28.7 Å². The van der Waals surface area contributed by atoms with E-state index in [0.29, 0.717) is 44.4 Å². The number of unbranched alkanes of at least 4 members (excludes halogenated alkanes) is 3. The number of anilines is 1. The fraction of sp³-hybridized carbons (Fsp3) is 0.575. The Hall–Kier alpha value is -4.53. The van der Waals surface area contributed by atoms with Crippen LogP contribution in [0.25, 0.3) is 0 Å². The van der Waals surface area contributed by atoms with Crippen molar-refractivity contribution >= 4 is 29.3 Å². The first-order valence-corrected chi connectivity index (χ1v) is 19.5. The van der Waals surface area contributed by atoms with Gasteiger partial charge in [-0.3, -0.25) is 29.0 Å². The molecule has 3 saturated heterocycles. The van der Waals surface area contributed by atoms with Gasteiger partial charge in [0.25, 0.3) is 5.91 Å². The lowest BCUT2D eigenvalue weighted by molar-refractivity contribution is -0.138. The van der Waals surface area contributed by atoms with Crippen LogP contribution in [0.4, 0.5) is 5.69 Å². The number of nitrogens with one attached hydrogen (secondary N) is 2. The first-order valence-electron chi connectivity index (χ1n) is 19.5. The summed E-state index contributed by atoms with van der Waals surface area (Å²) >= 11 is 0. The summed E-state index contributed by atoms with van der Waals surface area (Å²) in [5.41, 5.74) is 4.18. The molecule has 0 bridgehead atoms. The van der Waals surface area contributed by atoms with E-state index in [-0.39, 0.29) is 61.0 Å². The monoisotopic (exact) mass is 740 g/mol. The minimum Gasteiger partial charge on any atom is -0.379 e. The van der Waals surface area contributed by atoms with Crippen LogP contribution in [0.3, 0.4) is 0 Å². The minimum absolute atomic E-state index is 0.128. The van der Waals surface area contributed by atoms with Crippen LogP contribution in [-0.4, -0.2) is 105 Å². The Morgan fingerprint density at radius 3 is 2.57 bits per heavy atom. The third kappa shape index (κ3) is 9.57. The average molecular weight is 741 g/mol. The lowest BCUT2D eigenvalue weighted by Gasteiger charge is -2.41. The number of aromatic nitrogens is 4. The largest absolute Gasteiger partial charge is 0.379 e. The molecule has 0 spiro atoms. The van der Waals surface area contributed by atoms with Gasteiger partial charge in [0.15, 0.2) is 0 Å². The van der Waals surface area contributed by atoms with Crippen molar-refractivity contribution in [3.63, 3.8) is 0 Å². The standard InChI is InChI=1S/C40H52N8O6/c1-46-27-42-45-35(46)22-40(25-53-26-40)30-7-6-8-31(21-30)43-39(52)34-20-28(19-33(44-34)29-9-10-29)23-47-16-13-32(24-47)54-18-5-3-2-4-15-41-36(49)14-17-48-37(50)11-12-38(48)51/h6-8,19-21,27,29,32H,2-5,9-18,22-26H2,1H3,(H,41,49)(H,43,52)/t32-/m0/s1. The summed E-state index contributed by atoms with van der Waals surface area (Å²) in [6, 6.07) is 12.1. The molecule has 1 aliphatic carbocycles. The number of aryl methyl sites for hydroxylation is 1. The van der Waals surface area contributed by atoms with Gasteiger partial charge < -0.3 is 24.7 Å². The van der Waals surface area contributed by atoms with Crippen LogP contribution in [-0.2, 0) is 49.3 Å². The molecule has 4 fully saturated rings. The number of pyridine rings is 1. The summed E-state index contributed by atoms with van der Waals surface area (Å²) in [6.45, 7) is 5.21. The second kappa shape index (κ2) is 17.3. The number of carbonyl (C=O) groups excluding carboxylic acids is 4. The quantitative estimate of drug-likeness (QED) is 0.137. The zero-order valence-electron chi connectivity index (χ0n) is 31.3. The van der Waals surface area contributed by atoms with Gasteiger partial charge in [0, 0.05) is 94.8 Å². The van der Waals surface area contributed by atoms with E-state index in [1.165, 1.54) is 4.90 Å². The molecule has 5 heterocycles. The summed E-state index contributed by atoms with van der Waals surface area (Å²) in [4.78, 5) is 57.5. The van der Waals surface area contributed by atoms with E-state index in [4.69, 9.17) is 14.5 Å². The lowest BCUT2D eigenvalue weighted by atomic mass is 9.75. The van der Waals surface area contributed by atoms with Gasteiger partial charge >= 0.3 is 0 Å². The van der Waals surface area contributed by atoms with Crippen molar-refractivity contribution in [3.05, 3.63) is 71.1 Å². The van der Waals surface area contributed by atoms with E-state index in [0.717, 1.165) is 92.9 Å². The first kappa shape index (κ1) is 37.8. The van der Waals surface area contributed by atoms with E-state index < -0.39 is 0 Å². The first-order chi connectivity index (χ1) is 26.2. The highest BCUT2D eigenvalue weighted by Crippen LogP contribution is 2.40. The second-order valence-corrected chi connectivity index (χ2v) is 15.4. The number of hydrogen-bond donors (Lipinski definition) is 2. The third-order valence-corrected chi connectivity index (χ3v) is 11.0. The summed E-state index contributed by atoms with van der Waals surface area (Å²) in [7, 11) is 1.95. The molecule has 1 atom stereocenters. The van der Waals surface area contributed by atoms with Gasteiger partial charge in [-0.15, -0.1) is 10.2 Å². The zero-order valence-corrected chi connectivity index (χ0v) is 31.3. The maximum Gasteiger partial charge on any atom is 0.274 e. The van der Waals surface area contributed by atoms with Gasteiger partial charge in [0.1, 0.15) is 17.8 Å². The molecule has 4 aliphatic rings. The minimum atomic E-state index is -0.208. The van der Waals surface area contributed by atoms with Crippen LogP contribution >= 0.6 is 0 Å². The van der Waals surface area contributed by atoms with E-state index in [2.05, 4.69) is 37.9 Å². The van der Waals surface area contributed by atoms with Crippen LogP contribution in [0.15, 0.2) is 42.7 Å². The molecule has 2 aromatic heterocycles.